The Balaban J connectivity index is 1.16. The molecule has 2 aliphatic rings. The Hall–Kier alpha value is -3.16. The number of amides is 2. The first-order valence-corrected chi connectivity index (χ1v) is 11.0. The monoisotopic (exact) mass is 424 g/mol. The quantitative estimate of drug-likeness (QED) is 0.569. The smallest absolute Gasteiger partial charge is 0.251 e. The highest BCUT2D eigenvalue weighted by molar-refractivity contribution is 5.95. The third kappa shape index (κ3) is 5.93. The van der Waals surface area contributed by atoms with E-state index in [0.717, 1.165) is 25.7 Å². The van der Waals surface area contributed by atoms with Crippen LogP contribution in [0.4, 0.5) is 0 Å². The topological polar surface area (TPSA) is 102 Å². The molecule has 0 atom stereocenters. The number of rotatable bonds is 10. The van der Waals surface area contributed by atoms with Crippen LogP contribution in [-0.4, -0.2) is 47.1 Å². The Bertz CT molecular complexity index is 838. The molecule has 164 valence electrons. The van der Waals surface area contributed by atoms with Crippen molar-refractivity contribution in [1.29, 1.82) is 0 Å². The molecule has 8 heteroatoms. The second-order valence-electron chi connectivity index (χ2n) is 7.97. The lowest BCUT2D eigenvalue weighted by atomic mass is 9.96. The first-order chi connectivity index (χ1) is 15.2. The van der Waals surface area contributed by atoms with E-state index in [1.165, 1.54) is 12.8 Å². The Morgan fingerprint density at radius 2 is 1.26 bits per heavy atom. The molecular formula is C23H28N4O4. The van der Waals surface area contributed by atoms with Gasteiger partial charge >= 0.3 is 0 Å². The summed E-state index contributed by atoms with van der Waals surface area (Å²) in [6, 6.07) is 6.67. The minimum atomic E-state index is -0.181. The minimum absolute atomic E-state index is 0.181. The lowest BCUT2D eigenvalue weighted by Gasteiger charge is -2.25. The molecule has 2 aromatic heterocycles. The molecule has 4 rings (SSSR count). The maximum Gasteiger partial charge on any atom is 0.251 e. The second kappa shape index (κ2) is 10.2. The van der Waals surface area contributed by atoms with Crippen molar-refractivity contribution in [2.24, 2.45) is 0 Å². The highest BCUT2D eigenvalue weighted by Gasteiger charge is 2.21. The molecule has 0 spiro atoms. The largest absolute Gasteiger partial charge is 0.474 e. The van der Waals surface area contributed by atoms with Crippen LogP contribution in [0.5, 0.6) is 11.8 Å². The van der Waals surface area contributed by atoms with Gasteiger partial charge in [0, 0.05) is 48.7 Å². The number of aromatic nitrogens is 2. The molecule has 31 heavy (non-hydrogen) atoms. The Morgan fingerprint density at radius 1 is 0.806 bits per heavy atom. The fraction of sp³-hybridized carbons (Fsp3) is 0.478. The Kier molecular flexibility index (Phi) is 6.96. The highest BCUT2D eigenvalue weighted by atomic mass is 16.5. The SMILES string of the molecule is O=C(NCCCNC(=O)c1ccnc(OC2CCC2)c1)c1ccnc(OC2CCC2)c1. The van der Waals surface area contributed by atoms with E-state index in [4.69, 9.17) is 9.47 Å². The summed E-state index contributed by atoms with van der Waals surface area (Å²) in [5.74, 6) is 0.614. The van der Waals surface area contributed by atoms with Gasteiger partial charge in [0.2, 0.25) is 11.8 Å². The molecule has 0 aliphatic heterocycles. The van der Waals surface area contributed by atoms with Crippen molar-refractivity contribution in [3.05, 3.63) is 47.8 Å². The average Bonchev–Trinajstić information content (AvgIpc) is 2.73. The van der Waals surface area contributed by atoms with Crippen molar-refractivity contribution in [3.8, 4) is 11.8 Å². The van der Waals surface area contributed by atoms with Crippen molar-refractivity contribution in [1.82, 2.24) is 20.6 Å². The molecule has 0 saturated heterocycles. The fourth-order valence-corrected chi connectivity index (χ4v) is 3.25. The van der Waals surface area contributed by atoms with Crippen molar-refractivity contribution in [2.45, 2.75) is 57.2 Å². The van der Waals surface area contributed by atoms with Gasteiger partial charge < -0.3 is 20.1 Å². The first kappa shape index (κ1) is 21.1. The van der Waals surface area contributed by atoms with E-state index in [2.05, 4.69) is 20.6 Å². The van der Waals surface area contributed by atoms with Gasteiger partial charge in [-0.15, -0.1) is 0 Å². The molecule has 2 aromatic rings. The van der Waals surface area contributed by atoms with Crippen molar-refractivity contribution in [2.75, 3.05) is 13.1 Å². The molecular weight excluding hydrogens is 396 g/mol. The molecule has 8 nitrogen and oxygen atoms in total. The highest BCUT2D eigenvalue weighted by Crippen LogP contribution is 2.25. The van der Waals surface area contributed by atoms with Gasteiger partial charge in [-0.2, -0.15) is 0 Å². The number of nitrogens with zero attached hydrogens (tertiary/aromatic N) is 2. The van der Waals surface area contributed by atoms with Crippen molar-refractivity contribution in [3.63, 3.8) is 0 Å². The first-order valence-electron chi connectivity index (χ1n) is 11.0. The molecule has 0 unspecified atom stereocenters. The van der Waals surface area contributed by atoms with Gasteiger partial charge in [-0.3, -0.25) is 9.59 Å². The summed E-state index contributed by atoms with van der Waals surface area (Å²) in [4.78, 5) is 33.0. The fourth-order valence-electron chi connectivity index (χ4n) is 3.25. The third-order valence-corrected chi connectivity index (χ3v) is 5.60. The van der Waals surface area contributed by atoms with E-state index in [-0.39, 0.29) is 24.0 Å². The van der Waals surface area contributed by atoms with Gasteiger partial charge in [-0.1, -0.05) is 0 Å². The summed E-state index contributed by atoms with van der Waals surface area (Å²) in [5.41, 5.74) is 1.04. The van der Waals surface area contributed by atoms with E-state index >= 15 is 0 Å². The summed E-state index contributed by atoms with van der Waals surface area (Å²) >= 11 is 0. The normalized spacial score (nSPS) is 16.0. The zero-order valence-corrected chi connectivity index (χ0v) is 17.5. The van der Waals surface area contributed by atoms with Crippen LogP contribution >= 0.6 is 0 Å². The lowest BCUT2D eigenvalue weighted by Crippen LogP contribution is -2.30. The summed E-state index contributed by atoms with van der Waals surface area (Å²) in [6.45, 7) is 0.902. The van der Waals surface area contributed by atoms with E-state index in [1.807, 2.05) is 0 Å². The van der Waals surface area contributed by atoms with Crippen LogP contribution in [0.1, 0.15) is 65.7 Å². The van der Waals surface area contributed by atoms with Gasteiger partial charge in [-0.25, -0.2) is 9.97 Å². The second-order valence-corrected chi connectivity index (χ2v) is 7.97. The van der Waals surface area contributed by atoms with E-state index in [1.54, 1.807) is 36.7 Å². The van der Waals surface area contributed by atoms with Crippen molar-refractivity contribution < 1.29 is 19.1 Å². The summed E-state index contributed by atoms with van der Waals surface area (Å²) < 4.78 is 11.5. The number of carbonyl (C=O) groups is 2. The molecule has 0 aromatic carbocycles. The third-order valence-electron chi connectivity index (χ3n) is 5.60. The predicted molar refractivity (Wildman–Crippen MR) is 114 cm³/mol. The van der Waals surface area contributed by atoms with E-state index in [0.29, 0.717) is 42.4 Å². The van der Waals surface area contributed by atoms with Crippen LogP contribution in [0.2, 0.25) is 0 Å². The molecule has 0 radical (unpaired) electrons. The predicted octanol–water partition coefficient (Wildman–Crippen LogP) is 2.89. The van der Waals surface area contributed by atoms with Crippen LogP contribution < -0.4 is 20.1 Å². The number of hydrogen-bond acceptors (Lipinski definition) is 6. The van der Waals surface area contributed by atoms with Gasteiger partial charge in [0.25, 0.3) is 11.8 Å². The molecule has 2 amide bonds. The Labute approximate surface area is 181 Å². The van der Waals surface area contributed by atoms with Gasteiger partial charge in [0.15, 0.2) is 0 Å². The molecule has 2 saturated carbocycles. The van der Waals surface area contributed by atoms with E-state index in [9.17, 15) is 9.59 Å². The van der Waals surface area contributed by atoms with Gasteiger partial charge in [-0.05, 0) is 57.1 Å². The molecule has 2 heterocycles. The molecule has 2 fully saturated rings. The summed E-state index contributed by atoms with van der Waals surface area (Å²) in [6.07, 6.45) is 10.7. The van der Waals surface area contributed by atoms with Crippen LogP contribution in [0.3, 0.4) is 0 Å². The maximum atomic E-state index is 12.3. The number of hydrogen-bond donors (Lipinski definition) is 2. The van der Waals surface area contributed by atoms with Crippen LogP contribution in [-0.2, 0) is 0 Å². The number of nitrogens with one attached hydrogen (secondary N) is 2. The zero-order chi connectivity index (χ0) is 21.5. The average molecular weight is 425 g/mol. The molecule has 0 bridgehead atoms. The summed E-state index contributed by atoms with van der Waals surface area (Å²) in [7, 11) is 0. The summed E-state index contributed by atoms with van der Waals surface area (Å²) in [5, 5.41) is 5.72. The number of pyridine rings is 2. The molecule has 2 aliphatic carbocycles. The number of ether oxygens (including phenoxy) is 2. The number of carbonyl (C=O) groups excluding carboxylic acids is 2. The van der Waals surface area contributed by atoms with Crippen LogP contribution in [0.25, 0.3) is 0 Å². The van der Waals surface area contributed by atoms with E-state index < -0.39 is 0 Å². The lowest BCUT2D eigenvalue weighted by molar-refractivity contribution is 0.0945. The maximum absolute atomic E-state index is 12.3. The van der Waals surface area contributed by atoms with Crippen molar-refractivity contribution >= 4 is 11.8 Å². The standard InChI is InChI=1S/C23H28N4O4/c28-22(16-8-12-24-20(14-16)30-18-4-1-5-18)26-10-3-11-27-23(29)17-9-13-25-21(15-17)31-19-6-2-7-19/h8-9,12-15,18-19H,1-7,10-11H2,(H,26,28)(H,27,29). The minimum Gasteiger partial charge on any atom is -0.474 e. The van der Waals surface area contributed by atoms with Gasteiger partial charge in [0.1, 0.15) is 12.2 Å². The van der Waals surface area contributed by atoms with Crippen LogP contribution in [0.15, 0.2) is 36.7 Å². The molecule has 2 N–H and O–H groups in total. The van der Waals surface area contributed by atoms with Crippen LogP contribution in [0, 0.1) is 0 Å². The zero-order valence-electron chi connectivity index (χ0n) is 17.5. The Morgan fingerprint density at radius 3 is 1.65 bits per heavy atom. The van der Waals surface area contributed by atoms with Gasteiger partial charge in [0.05, 0.1) is 0 Å².